The number of sulfonamides is 1. The van der Waals surface area contributed by atoms with Crippen molar-refractivity contribution in [3.8, 4) is 0 Å². The molecule has 2 heterocycles. The van der Waals surface area contributed by atoms with E-state index in [-0.39, 0.29) is 17.6 Å². The van der Waals surface area contributed by atoms with Crippen molar-refractivity contribution in [2.45, 2.75) is 51.4 Å². The van der Waals surface area contributed by atoms with Gasteiger partial charge in [-0.05, 0) is 44.1 Å². The Morgan fingerprint density at radius 3 is 2.37 bits per heavy atom. The van der Waals surface area contributed by atoms with E-state index < -0.39 is 10.0 Å². The monoisotopic (exact) mass is 392 g/mol. The molecule has 0 N–H and O–H groups in total. The van der Waals surface area contributed by atoms with Crippen LogP contribution in [0.25, 0.3) is 0 Å². The minimum atomic E-state index is -3.30. The maximum Gasteiger partial charge on any atom is 0.227 e. The van der Waals surface area contributed by atoms with Crippen LogP contribution in [0.5, 0.6) is 0 Å². The number of piperidine rings is 1. The highest BCUT2D eigenvalue weighted by atomic mass is 32.2. The molecule has 5 nitrogen and oxygen atoms in total. The first-order chi connectivity index (χ1) is 13.1. The fourth-order valence-electron chi connectivity index (χ4n) is 4.18. The van der Waals surface area contributed by atoms with Gasteiger partial charge in [0.15, 0.2) is 0 Å². The highest BCUT2D eigenvalue weighted by Crippen LogP contribution is 2.23. The van der Waals surface area contributed by atoms with Crippen molar-refractivity contribution in [1.82, 2.24) is 9.21 Å². The molecule has 0 aliphatic carbocycles. The summed E-state index contributed by atoms with van der Waals surface area (Å²) in [5.74, 6) is 0.161. The Morgan fingerprint density at radius 1 is 0.963 bits per heavy atom. The highest BCUT2D eigenvalue weighted by Gasteiger charge is 2.34. The summed E-state index contributed by atoms with van der Waals surface area (Å²) in [5, 5.41) is 0. The number of nitrogens with zero attached hydrogens (tertiary/aromatic N) is 2. The molecule has 1 atom stereocenters. The van der Waals surface area contributed by atoms with Crippen molar-refractivity contribution in [2.75, 3.05) is 31.9 Å². The molecule has 0 spiro atoms. The van der Waals surface area contributed by atoms with Gasteiger partial charge in [0.25, 0.3) is 0 Å². The lowest BCUT2D eigenvalue weighted by Gasteiger charge is -2.34. The quantitative estimate of drug-likeness (QED) is 0.748. The normalized spacial score (nSPS) is 22.4. The number of rotatable bonds is 6. The van der Waals surface area contributed by atoms with Gasteiger partial charge in [-0.25, -0.2) is 12.7 Å². The SMILES string of the molecule is O=C(C1CCCN(S(=O)(=O)CCCc2ccccc2)C1)N1CCCCCC1. The average Bonchev–Trinajstić information content (AvgIpc) is 2.98. The van der Waals surface area contributed by atoms with Gasteiger partial charge in [0, 0.05) is 26.2 Å². The molecular formula is C21H32N2O3S. The molecule has 2 fully saturated rings. The van der Waals surface area contributed by atoms with Gasteiger partial charge in [-0.2, -0.15) is 0 Å². The fraction of sp³-hybridized carbons (Fsp3) is 0.667. The van der Waals surface area contributed by atoms with Gasteiger partial charge in [0.05, 0.1) is 11.7 Å². The van der Waals surface area contributed by atoms with Crippen LogP contribution in [0.15, 0.2) is 30.3 Å². The van der Waals surface area contributed by atoms with Gasteiger partial charge in [0.1, 0.15) is 0 Å². The van der Waals surface area contributed by atoms with E-state index in [9.17, 15) is 13.2 Å². The number of likely N-dealkylation sites (tertiary alicyclic amines) is 1. The summed E-state index contributed by atoms with van der Waals surface area (Å²) in [4.78, 5) is 14.9. The van der Waals surface area contributed by atoms with E-state index in [1.165, 1.54) is 18.4 Å². The van der Waals surface area contributed by atoms with Gasteiger partial charge in [-0.3, -0.25) is 4.79 Å². The van der Waals surface area contributed by atoms with Crippen LogP contribution in [0.3, 0.4) is 0 Å². The van der Waals surface area contributed by atoms with Crippen molar-refractivity contribution >= 4 is 15.9 Å². The van der Waals surface area contributed by atoms with Gasteiger partial charge in [-0.1, -0.05) is 43.2 Å². The number of aryl methyl sites for hydroxylation is 1. The molecule has 0 aromatic heterocycles. The number of benzene rings is 1. The average molecular weight is 393 g/mol. The minimum absolute atomic E-state index is 0.159. The van der Waals surface area contributed by atoms with Crippen LogP contribution < -0.4 is 0 Å². The zero-order valence-corrected chi connectivity index (χ0v) is 17.0. The second kappa shape index (κ2) is 9.69. The molecule has 3 rings (SSSR count). The Balaban J connectivity index is 1.53. The Kier molecular flexibility index (Phi) is 7.30. The first-order valence-electron chi connectivity index (χ1n) is 10.4. The number of hydrogen-bond acceptors (Lipinski definition) is 3. The van der Waals surface area contributed by atoms with Gasteiger partial charge in [0.2, 0.25) is 15.9 Å². The molecule has 2 aliphatic heterocycles. The molecule has 1 aromatic carbocycles. The summed E-state index contributed by atoms with van der Waals surface area (Å²) in [6.45, 7) is 2.58. The van der Waals surface area contributed by atoms with Crippen LogP contribution in [0.2, 0.25) is 0 Å². The van der Waals surface area contributed by atoms with Crippen LogP contribution >= 0.6 is 0 Å². The van der Waals surface area contributed by atoms with Crippen LogP contribution in [0.1, 0.15) is 50.5 Å². The predicted molar refractivity (Wildman–Crippen MR) is 108 cm³/mol. The Hall–Kier alpha value is -1.40. The zero-order chi connectivity index (χ0) is 19.1. The predicted octanol–water partition coefficient (Wildman–Crippen LogP) is 3.06. The molecule has 150 valence electrons. The summed E-state index contributed by atoms with van der Waals surface area (Å²) in [5.41, 5.74) is 1.17. The lowest BCUT2D eigenvalue weighted by molar-refractivity contribution is -0.136. The smallest absolute Gasteiger partial charge is 0.227 e. The fourth-order valence-corrected chi connectivity index (χ4v) is 5.76. The van der Waals surface area contributed by atoms with Crippen molar-refractivity contribution in [3.63, 3.8) is 0 Å². The van der Waals surface area contributed by atoms with Gasteiger partial charge >= 0.3 is 0 Å². The summed E-state index contributed by atoms with van der Waals surface area (Å²) in [6, 6.07) is 9.99. The van der Waals surface area contributed by atoms with Crippen LogP contribution in [-0.2, 0) is 21.2 Å². The molecule has 6 heteroatoms. The summed E-state index contributed by atoms with van der Waals surface area (Å²) >= 11 is 0. The van der Waals surface area contributed by atoms with E-state index >= 15 is 0 Å². The van der Waals surface area contributed by atoms with Crippen molar-refractivity contribution in [1.29, 1.82) is 0 Å². The third-order valence-electron chi connectivity index (χ3n) is 5.76. The highest BCUT2D eigenvalue weighted by molar-refractivity contribution is 7.89. The van der Waals surface area contributed by atoms with Gasteiger partial charge < -0.3 is 4.90 Å². The Morgan fingerprint density at radius 2 is 1.67 bits per heavy atom. The van der Waals surface area contributed by atoms with Crippen molar-refractivity contribution in [3.05, 3.63) is 35.9 Å². The van der Waals surface area contributed by atoms with E-state index in [0.29, 0.717) is 19.5 Å². The number of hydrogen-bond donors (Lipinski definition) is 0. The van der Waals surface area contributed by atoms with E-state index in [1.54, 1.807) is 4.31 Å². The zero-order valence-electron chi connectivity index (χ0n) is 16.2. The standard InChI is InChI=1S/C21H32N2O3S/c24-21(22-14-6-1-2-7-15-22)20-13-8-16-23(18-20)27(25,26)17-9-12-19-10-4-3-5-11-19/h3-5,10-11,20H,1-2,6-9,12-18H2. The van der Waals surface area contributed by atoms with E-state index in [0.717, 1.165) is 45.2 Å². The molecule has 2 saturated heterocycles. The lowest BCUT2D eigenvalue weighted by Crippen LogP contribution is -2.47. The molecule has 0 radical (unpaired) electrons. The second-order valence-corrected chi connectivity index (χ2v) is 9.93. The largest absolute Gasteiger partial charge is 0.342 e. The number of amides is 1. The maximum absolute atomic E-state index is 12.9. The molecule has 1 unspecified atom stereocenters. The summed E-state index contributed by atoms with van der Waals surface area (Å²) < 4.78 is 27.1. The maximum atomic E-state index is 12.9. The molecule has 27 heavy (non-hydrogen) atoms. The molecule has 2 aliphatic rings. The third kappa shape index (κ3) is 5.79. The first kappa shape index (κ1) is 20.3. The van der Waals surface area contributed by atoms with Crippen molar-refractivity contribution in [2.24, 2.45) is 5.92 Å². The van der Waals surface area contributed by atoms with Gasteiger partial charge in [-0.15, -0.1) is 0 Å². The van der Waals surface area contributed by atoms with Crippen LogP contribution in [0.4, 0.5) is 0 Å². The molecule has 1 amide bonds. The number of carbonyl (C=O) groups excluding carboxylic acids is 1. The first-order valence-corrected chi connectivity index (χ1v) is 12.0. The minimum Gasteiger partial charge on any atom is -0.342 e. The molecule has 0 bridgehead atoms. The Labute approximate surface area is 163 Å². The lowest BCUT2D eigenvalue weighted by atomic mass is 9.98. The van der Waals surface area contributed by atoms with E-state index in [2.05, 4.69) is 0 Å². The second-order valence-electron chi connectivity index (χ2n) is 7.84. The molecular weight excluding hydrogens is 360 g/mol. The summed E-state index contributed by atoms with van der Waals surface area (Å²) in [6.07, 6.45) is 7.50. The topological polar surface area (TPSA) is 57.7 Å². The Bertz CT molecular complexity index is 697. The van der Waals surface area contributed by atoms with Crippen molar-refractivity contribution < 1.29 is 13.2 Å². The molecule has 1 aromatic rings. The molecule has 0 saturated carbocycles. The van der Waals surface area contributed by atoms with Crippen LogP contribution in [0, 0.1) is 5.92 Å². The van der Waals surface area contributed by atoms with Crippen LogP contribution in [-0.4, -0.2) is 55.5 Å². The third-order valence-corrected chi connectivity index (χ3v) is 7.68. The summed E-state index contributed by atoms with van der Waals surface area (Å²) in [7, 11) is -3.30. The van der Waals surface area contributed by atoms with E-state index in [4.69, 9.17) is 0 Å². The number of carbonyl (C=O) groups is 1. The van der Waals surface area contributed by atoms with E-state index in [1.807, 2.05) is 35.2 Å².